The fourth-order valence-corrected chi connectivity index (χ4v) is 2.18. The maximum Gasteiger partial charge on any atom is 0.129 e. The second kappa shape index (κ2) is 5.02. The fourth-order valence-electron chi connectivity index (χ4n) is 2.18. The van der Waals surface area contributed by atoms with Crippen LogP contribution in [0.1, 0.15) is 19.5 Å². The second-order valence-corrected chi connectivity index (χ2v) is 5.03. The molecule has 94 valence electrons. The molecule has 0 aromatic carbocycles. The Morgan fingerprint density at radius 2 is 2.29 bits per heavy atom. The Morgan fingerprint density at radius 3 is 3.00 bits per heavy atom. The van der Waals surface area contributed by atoms with E-state index in [4.69, 9.17) is 4.74 Å². The standard InChI is InChI=1S/C13H21N3O/c1-13(2)10-17-8-7-16(13)12-6-4-5-11(15-12)9-14-3/h4-6,14H,7-10H2,1-3H3. The molecule has 0 aliphatic carbocycles. The molecule has 0 unspecified atom stereocenters. The molecule has 1 N–H and O–H groups in total. The first-order chi connectivity index (χ1) is 8.13. The predicted molar refractivity (Wildman–Crippen MR) is 69.2 cm³/mol. The van der Waals surface area contributed by atoms with Gasteiger partial charge in [-0.3, -0.25) is 0 Å². The summed E-state index contributed by atoms with van der Waals surface area (Å²) in [4.78, 5) is 7.02. The summed E-state index contributed by atoms with van der Waals surface area (Å²) in [6.07, 6.45) is 0. The molecule has 1 aliphatic heterocycles. The van der Waals surface area contributed by atoms with Gasteiger partial charge < -0.3 is 15.0 Å². The average Bonchev–Trinajstić information content (AvgIpc) is 2.29. The van der Waals surface area contributed by atoms with Gasteiger partial charge in [-0.1, -0.05) is 6.07 Å². The number of rotatable bonds is 3. The van der Waals surface area contributed by atoms with Crippen LogP contribution in [0.15, 0.2) is 18.2 Å². The van der Waals surface area contributed by atoms with Crippen LogP contribution in [0.3, 0.4) is 0 Å². The Hall–Kier alpha value is -1.13. The number of pyridine rings is 1. The molecule has 1 aliphatic rings. The summed E-state index contributed by atoms with van der Waals surface area (Å²) in [7, 11) is 1.94. The van der Waals surface area contributed by atoms with Gasteiger partial charge in [-0.15, -0.1) is 0 Å². The number of aromatic nitrogens is 1. The van der Waals surface area contributed by atoms with E-state index in [0.29, 0.717) is 0 Å². The van der Waals surface area contributed by atoms with Crippen LogP contribution in [0, 0.1) is 0 Å². The highest BCUT2D eigenvalue weighted by Gasteiger charge is 2.31. The lowest BCUT2D eigenvalue weighted by atomic mass is 10.0. The lowest BCUT2D eigenvalue weighted by Gasteiger charge is -2.43. The molecule has 1 aromatic heterocycles. The predicted octanol–water partition coefficient (Wildman–Crippen LogP) is 1.42. The molecule has 0 atom stereocenters. The second-order valence-electron chi connectivity index (χ2n) is 5.03. The Bertz CT molecular complexity index is 379. The van der Waals surface area contributed by atoms with Crippen molar-refractivity contribution in [2.45, 2.75) is 25.9 Å². The SMILES string of the molecule is CNCc1cccc(N2CCOCC2(C)C)n1. The molecule has 0 saturated carbocycles. The van der Waals surface area contributed by atoms with Gasteiger partial charge in [0.05, 0.1) is 24.4 Å². The van der Waals surface area contributed by atoms with Gasteiger partial charge >= 0.3 is 0 Å². The molecular formula is C13H21N3O. The lowest BCUT2D eigenvalue weighted by Crippen LogP contribution is -2.53. The molecule has 0 spiro atoms. The van der Waals surface area contributed by atoms with Crippen LogP contribution < -0.4 is 10.2 Å². The summed E-state index contributed by atoms with van der Waals surface area (Å²) in [5, 5.41) is 3.13. The van der Waals surface area contributed by atoms with Crippen LogP contribution >= 0.6 is 0 Å². The van der Waals surface area contributed by atoms with Gasteiger partial charge in [-0.25, -0.2) is 4.98 Å². The molecule has 2 rings (SSSR count). The molecule has 1 saturated heterocycles. The fraction of sp³-hybridized carbons (Fsp3) is 0.615. The van der Waals surface area contributed by atoms with Gasteiger partial charge in [-0.2, -0.15) is 0 Å². The normalized spacial score (nSPS) is 19.4. The Labute approximate surface area is 103 Å². The minimum atomic E-state index is 0.0174. The van der Waals surface area contributed by atoms with E-state index in [1.807, 2.05) is 13.1 Å². The zero-order valence-electron chi connectivity index (χ0n) is 10.9. The van der Waals surface area contributed by atoms with E-state index in [2.05, 4.69) is 41.2 Å². The molecule has 17 heavy (non-hydrogen) atoms. The van der Waals surface area contributed by atoms with E-state index >= 15 is 0 Å². The minimum Gasteiger partial charge on any atom is -0.377 e. The van der Waals surface area contributed by atoms with Gasteiger partial charge in [0.2, 0.25) is 0 Å². The van der Waals surface area contributed by atoms with Crippen molar-refractivity contribution in [3.63, 3.8) is 0 Å². The topological polar surface area (TPSA) is 37.4 Å². The zero-order chi connectivity index (χ0) is 12.3. The van der Waals surface area contributed by atoms with E-state index in [-0.39, 0.29) is 5.54 Å². The Kier molecular flexibility index (Phi) is 3.64. The number of ether oxygens (including phenoxy) is 1. The number of hydrogen-bond acceptors (Lipinski definition) is 4. The van der Waals surface area contributed by atoms with Crippen molar-refractivity contribution in [3.8, 4) is 0 Å². The van der Waals surface area contributed by atoms with Gasteiger partial charge in [-0.05, 0) is 33.0 Å². The number of nitrogens with zero attached hydrogens (tertiary/aromatic N) is 2. The minimum absolute atomic E-state index is 0.0174. The molecule has 0 radical (unpaired) electrons. The van der Waals surface area contributed by atoms with Crippen LogP contribution in [0.2, 0.25) is 0 Å². The first kappa shape index (κ1) is 12.3. The quantitative estimate of drug-likeness (QED) is 0.859. The molecule has 0 amide bonds. The van der Waals surface area contributed by atoms with E-state index in [9.17, 15) is 0 Å². The average molecular weight is 235 g/mol. The third-order valence-electron chi connectivity index (χ3n) is 3.07. The molecule has 2 heterocycles. The molecule has 1 aromatic rings. The first-order valence-corrected chi connectivity index (χ1v) is 6.09. The van der Waals surface area contributed by atoms with Gasteiger partial charge in [0.1, 0.15) is 5.82 Å². The summed E-state index contributed by atoms with van der Waals surface area (Å²) in [6.45, 7) is 7.63. The summed E-state index contributed by atoms with van der Waals surface area (Å²) >= 11 is 0. The van der Waals surface area contributed by atoms with Gasteiger partial charge in [0.15, 0.2) is 0 Å². The molecular weight excluding hydrogens is 214 g/mol. The number of nitrogens with one attached hydrogen (secondary N) is 1. The highest BCUT2D eigenvalue weighted by atomic mass is 16.5. The van der Waals surface area contributed by atoms with Crippen molar-refractivity contribution in [1.29, 1.82) is 0 Å². The van der Waals surface area contributed by atoms with Gasteiger partial charge in [0.25, 0.3) is 0 Å². The van der Waals surface area contributed by atoms with Gasteiger partial charge in [0, 0.05) is 13.1 Å². The Balaban J connectivity index is 2.23. The number of hydrogen-bond donors (Lipinski definition) is 1. The summed E-state index contributed by atoms with van der Waals surface area (Å²) in [5.74, 6) is 1.05. The molecule has 0 bridgehead atoms. The van der Waals surface area contributed by atoms with Crippen molar-refractivity contribution in [2.75, 3.05) is 31.7 Å². The largest absolute Gasteiger partial charge is 0.377 e. The first-order valence-electron chi connectivity index (χ1n) is 6.09. The third kappa shape index (κ3) is 2.76. The Morgan fingerprint density at radius 1 is 1.47 bits per heavy atom. The van der Waals surface area contributed by atoms with E-state index in [0.717, 1.165) is 37.8 Å². The van der Waals surface area contributed by atoms with Crippen molar-refractivity contribution in [1.82, 2.24) is 10.3 Å². The third-order valence-corrected chi connectivity index (χ3v) is 3.07. The van der Waals surface area contributed by atoms with E-state index in [1.165, 1.54) is 0 Å². The van der Waals surface area contributed by atoms with E-state index in [1.54, 1.807) is 0 Å². The van der Waals surface area contributed by atoms with E-state index < -0.39 is 0 Å². The maximum atomic E-state index is 5.53. The molecule has 4 nitrogen and oxygen atoms in total. The van der Waals surface area contributed by atoms with Crippen molar-refractivity contribution >= 4 is 5.82 Å². The molecule has 1 fully saturated rings. The highest BCUT2D eigenvalue weighted by Crippen LogP contribution is 2.25. The summed E-state index contributed by atoms with van der Waals surface area (Å²) < 4.78 is 5.53. The van der Waals surface area contributed by atoms with Crippen LogP contribution in [-0.2, 0) is 11.3 Å². The number of anilines is 1. The van der Waals surface area contributed by atoms with Crippen molar-refractivity contribution in [3.05, 3.63) is 23.9 Å². The smallest absolute Gasteiger partial charge is 0.129 e. The zero-order valence-corrected chi connectivity index (χ0v) is 10.9. The van der Waals surface area contributed by atoms with Crippen molar-refractivity contribution in [2.24, 2.45) is 0 Å². The highest BCUT2D eigenvalue weighted by molar-refractivity contribution is 5.43. The monoisotopic (exact) mass is 235 g/mol. The maximum absolute atomic E-state index is 5.53. The van der Waals surface area contributed by atoms with Crippen LogP contribution in [0.5, 0.6) is 0 Å². The lowest BCUT2D eigenvalue weighted by molar-refractivity contribution is 0.0639. The van der Waals surface area contributed by atoms with Crippen molar-refractivity contribution < 1.29 is 4.74 Å². The summed E-state index contributed by atoms with van der Waals surface area (Å²) in [5.41, 5.74) is 1.09. The van der Waals surface area contributed by atoms with Crippen LogP contribution in [0.25, 0.3) is 0 Å². The summed E-state index contributed by atoms with van der Waals surface area (Å²) in [6, 6.07) is 6.19. The number of morpholine rings is 1. The molecule has 4 heteroatoms. The van der Waals surface area contributed by atoms with Crippen LogP contribution in [0.4, 0.5) is 5.82 Å². The van der Waals surface area contributed by atoms with Crippen LogP contribution in [-0.4, -0.2) is 37.3 Å².